The van der Waals surface area contributed by atoms with Crippen LogP contribution < -0.4 is 4.74 Å². The van der Waals surface area contributed by atoms with Crippen LogP contribution >= 0.6 is 0 Å². The van der Waals surface area contributed by atoms with Crippen molar-refractivity contribution in [2.45, 2.75) is 45.7 Å². The van der Waals surface area contributed by atoms with E-state index in [0.29, 0.717) is 12.3 Å². The number of carboxylic acid groups (broad SMARTS) is 1. The zero-order valence-corrected chi connectivity index (χ0v) is 13.4. The summed E-state index contributed by atoms with van der Waals surface area (Å²) in [6.07, 6.45) is 0.0941. The molecule has 0 bridgehead atoms. The maximum absolute atomic E-state index is 10.9. The van der Waals surface area contributed by atoms with E-state index < -0.39 is 5.97 Å². The molecule has 5 nitrogen and oxygen atoms in total. The Kier molecular flexibility index (Phi) is 5.61. The van der Waals surface area contributed by atoms with E-state index in [1.54, 1.807) is 12.1 Å². The largest absolute Gasteiger partial charge is 0.504 e. The lowest BCUT2D eigenvalue weighted by Gasteiger charge is -2.40. The average Bonchev–Trinajstić information content (AvgIpc) is 2.37. The van der Waals surface area contributed by atoms with E-state index in [0.717, 1.165) is 5.56 Å². The number of carbonyl (C=O) groups is 1. The molecule has 0 aromatic heterocycles. The molecule has 118 valence electrons. The summed E-state index contributed by atoms with van der Waals surface area (Å²) in [5, 5.41) is 18.6. The Labute approximate surface area is 126 Å². The summed E-state index contributed by atoms with van der Waals surface area (Å²) >= 11 is 0. The molecule has 2 N–H and O–H groups in total. The molecule has 1 aromatic carbocycles. The van der Waals surface area contributed by atoms with Crippen molar-refractivity contribution in [2.24, 2.45) is 0 Å². The fourth-order valence-corrected chi connectivity index (χ4v) is 2.46. The SMILES string of the molecule is COc1cc(C(C)N(CCC(=O)O)C(C)(C)C)ccc1O. The maximum Gasteiger partial charge on any atom is 0.304 e. The first-order valence-corrected chi connectivity index (χ1v) is 7.02. The minimum Gasteiger partial charge on any atom is -0.504 e. The minimum absolute atomic E-state index is 0.0128. The summed E-state index contributed by atoms with van der Waals surface area (Å²) < 4.78 is 5.14. The molecule has 1 unspecified atom stereocenters. The number of ether oxygens (including phenoxy) is 1. The summed E-state index contributed by atoms with van der Waals surface area (Å²) in [6, 6.07) is 5.24. The van der Waals surface area contributed by atoms with Crippen molar-refractivity contribution in [3.8, 4) is 11.5 Å². The minimum atomic E-state index is -0.806. The lowest BCUT2D eigenvalue weighted by molar-refractivity contribution is -0.137. The van der Waals surface area contributed by atoms with Gasteiger partial charge < -0.3 is 14.9 Å². The summed E-state index contributed by atoms with van der Waals surface area (Å²) in [6.45, 7) is 8.66. The third-order valence-corrected chi connectivity index (χ3v) is 3.58. The third kappa shape index (κ3) is 4.63. The van der Waals surface area contributed by atoms with Crippen molar-refractivity contribution in [3.63, 3.8) is 0 Å². The molecule has 0 fully saturated rings. The van der Waals surface area contributed by atoms with Gasteiger partial charge in [-0.15, -0.1) is 0 Å². The van der Waals surface area contributed by atoms with Crippen molar-refractivity contribution >= 4 is 5.97 Å². The molecule has 0 amide bonds. The molecule has 0 heterocycles. The molecule has 0 aliphatic heterocycles. The van der Waals surface area contributed by atoms with E-state index in [1.807, 2.05) is 13.0 Å². The Bertz CT molecular complexity index is 494. The van der Waals surface area contributed by atoms with Crippen LogP contribution in [0.25, 0.3) is 0 Å². The van der Waals surface area contributed by atoms with E-state index in [4.69, 9.17) is 9.84 Å². The maximum atomic E-state index is 10.9. The zero-order valence-electron chi connectivity index (χ0n) is 13.4. The summed E-state index contributed by atoms with van der Waals surface area (Å²) in [4.78, 5) is 13.0. The standard InChI is InChI=1S/C16H25NO4/c1-11(12-6-7-13(18)14(10-12)21-5)17(16(2,3)4)9-8-15(19)20/h6-7,10-11,18H,8-9H2,1-5H3,(H,19,20). The Morgan fingerprint density at radius 1 is 1.38 bits per heavy atom. The highest BCUT2D eigenvalue weighted by Gasteiger charge is 2.28. The van der Waals surface area contributed by atoms with Gasteiger partial charge in [-0.3, -0.25) is 9.69 Å². The van der Waals surface area contributed by atoms with Crippen molar-refractivity contribution in [1.29, 1.82) is 0 Å². The molecule has 0 radical (unpaired) electrons. The molecule has 0 aliphatic carbocycles. The zero-order chi connectivity index (χ0) is 16.2. The molecule has 1 atom stereocenters. The molecule has 0 saturated heterocycles. The van der Waals surface area contributed by atoms with Gasteiger partial charge in [0.05, 0.1) is 13.5 Å². The monoisotopic (exact) mass is 295 g/mol. The highest BCUT2D eigenvalue weighted by molar-refractivity contribution is 5.66. The molecule has 1 rings (SSSR count). The Morgan fingerprint density at radius 2 is 2.00 bits per heavy atom. The van der Waals surface area contributed by atoms with Crippen LogP contribution in [0.5, 0.6) is 11.5 Å². The van der Waals surface area contributed by atoms with E-state index in [1.165, 1.54) is 7.11 Å². The van der Waals surface area contributed by atoms with E-state index in [2.05, 4.69) is 25.7 Å². The van der Waals surface area contributed by atoms with Gasteiger partial charge in [-0.05, 0) is 45.4 Å². The van der Waals surface area contributed by atoms with Gasteiger partial charge in [0.25, 0.3) is 0 Å². The number of hydrogen-bond donors (Lipinski definition) is 2. The van der Waals surface area contributed by atoms with Crippen molar-refractivity contribution < 1.29 is 19.7 Å². The normalized spacial score (nSPS) is 13.2. The lowest BCUT2D eigenvalue weighted by atomic mass is 9.98. The summed E-state index contributed by atoms with van der Waals surface area (Å²) in [5.74, 6) is -0.285. The number of phenolic OH excluding ortho intramolecular Hbond substituents is 1. The number of aliphatic carboxylic acids is 1. The molecular formula is C16H25NO4. The van der Waals surface area contributed by atoms with Crippen molar-refractivity contribution in [2.75, 3.05) is 13.7 Å². The van der Waals surface area contributed by atoms with Crippen LogP contribution in [0, 0.1) is 0 Å². The Balaban J connectivity index is 3.04. The second-order valence-corrected chi connectivity index (χ2v) is 6.12. The van der Waals surface area contributed by atoms with Crippen molar-refractivity contribution in [3.05, 3.63) is 23.8 Å². The van der Waals surface area contributed by atoms with E-state index in [9.17, 15) is 9.90 Å². The van der Waals surface area contributed by atoms with Crippen LogP contribution in [0.3, 0.4) is 0 Å². The number of phenols is 1. The first-order valence-electron chi connectivity index (χ1n) is 7.02. The van der Waals surface area contributed by atoms with Gasteiger partial charge in [-0.2, -0.15) is 0 Å². The summed E-state index contributed by atoms with van der Waals surface area (Å²) in [7, 11) is 1.51. The molecule has 0 saturated carbocycles. The number of hydrogen-bond acceptors (Lipinski definition) is 4. The Hall–Kier alpha value is -1.75. The van der Waals surface area contributed by atoms with Gasteiger partial charge in [-0.1, -0.05) is 6.07 Å². The number of aromatic hydroxyl groups is 1. The third-order valence-electron chi connectivity index (χ3n) is 3.58. The highest BCUT2D eigenvalue weighted by atomic mass is 16.5. The molecule has 21 heavy (non-hydrogen) atoms. The fourth-order valence-electron chi connectivity index (χ4n) is 2.46. The second-order valence-electron chi connectivity index (χ2n) is 6.12. The van der Waals surface area contributed by atoms with Gasteiger partial charge in [-0.25, -0.2) is 0 Å². The molecule has 0 aliphatic rings. The second kappa shape index (κ2) is 6.80. The van der Waals surface area contributed by atoms with Crippen LogP contribution in [-0.4, -0.2) is 40.3 Å². The number of methoxy groups -OCH3 is 1. The van der Waals surface area contributed by atoms with Gasteiger partial charge in [0.2, 0.25) is 0 Å². The van der Waals surface area contributed by atoms with Gasteiger partial charge in [0.15, 0.2) is 11.5 Å². The predicted octanol–water partition coefficient (Wildman–Crippen LogP) is 3.04. The predicted molar refractivity (Wildman–Crippen MR) is 81.8 cm³/mol. The lowest BCUT2D eigenvalue weighted by Crippen LogP contribution is -2.44. The number of rotatable bonds is 6. The number of nitrogens with zero attached hydrogens (tertiary/aromatic N) is 1. The first-order chi connectivity index (χ1) is 9.66. The number of benzene rings is 1. The Morgan fingerprint density at radius 3 is 2.48 bits per heavy atom. The van der Waals surface area contributed by atoms with Gasteiger partial charge >= 0.3 is 5.97 Å². The average molecular weight is 295 g/mol. The van der Waals surface area contributed by atoms with Crippen LogP contribution in [0.4, 0.5) is 0 Å². The van der Waals surface area contributed by atoms with Crippen LogP contribution in [0.15, 0.2) is 18.2 Å². The highest BCUT2D eigenvalue weighted by Crippen LogP contribution is 2.33. The molecule has 1 aromatic rings. The van der Waals surface area contributed by atoms with Crippen LogP contribution in [-0.2, 0) is 4.79 Å². The smallest absolute Gasteiger partial charge is 0.304 e. The van der Waals surface area contributed by atoms with Crippen LogP contribution in [0.1, 0.15) is 45.7 Å². The topological polar surface area (TPSA) is 70.0 Å². The first kappa shape index (κ1) is 17.3. The van der Waals surface area contributed by atoms with E-state index >= 15 is 0 Å². The number of carboxylic acids is 1. The van der Waals surface area contributed by atoms with Crippen LogP contribution in [0.2, 0.25) is 0 Å². The molecule has 0 spiro atoms. The fraction of sp³-hybridized carbons (Fsp3) is 0.562. The summed E-state index contributed by atoms with van der Waals surface area (Å²) in [5.41, 5.74) is 0.810. The molecular weight excluding hydrogens is 270 g/mol. The van der Waals surface area contributed by atoms with Gasteiger partial charge in [0.1, 0.15) is 0 Å². The quantitative estimate of drug-likeness (QED) is 0.844. The van der Waals surface area contributed by atoms with E-state index in [-0.39, 0.29) is 23.8 Å². The van der Waals surface area contributed by atoms with Gasteiger partial charge in [0, 0.05) is 18.1 Å². The van der Waals surface area contributed by atoms with Crippen molar-refractivity contribution in [1.82, 2.24) is 4.90 Å². The molecule has 5 heteroatoms.